The number of anilines is 2. The number of carbonyl (C=O) groups excluding carboxylic acids is 3. The summed E-state index contributed by atoms with van der Waals surface area (Å²) in [6.07, 6.45) is 0.783. The van der Waals surface area contributed by atoms with Gasteiger partial charge in [-0.2, -0.15) is 0 Å². The lowest BCUT2D eigenvalue weighted by molar-refractivity contribution is 0.0773. The predicted octanol–water partition coefficient (Wildman–Crippen LogP) is 5.09. The molecule has 200 valence electrons. The second kappa shape index (κ2) is 12.3. The summed E-state index contributed by atoms with van der Waals surface area (Å²) >= 11 is 5.94. The minimum absolute atomic E-state index is 0.0750. The number of amides is 4. The maximum atomic E-state index is 13.5. The largest absolute Gasteiger partial charge is 0.369 e. The molecule has 1 aliphatic rings. The van der Waals surface area contributed by atoms with Crippen LogP contribution in [0.1, 0.15) is 61.8 Å². The van der Waals surface area contributed by atoms with E-state index in [1.807, 2.05) is 51.7 Å². The van der Waals surface area contributed by atoms with Crippen molar-refractivity contribution in [2.24, 2.45) is 0 Å². The standard InChI is InChI=1S/C28H38ClN5O3/c1-6-32(7-2)26(36)23-19-22(30-25(35)20-9-11-21(29)12-10-20)13-14-24(23)33-15-8-16-34(18-17-33)27(37)31-28(3,4)5/h9-14,19H,6-8,15-18H2,1-5H3,(H,30,35)(H,31,37). The molecule has 0 saturated carbocycles. The molecule has 8 nitrogen and oxygen atoms in total. The van der Waals surface area contributed by atoms with Crippen LogP contribution in [-0.4, -0.2) is 72.5 Å². The van der Waals surface area contributed by atoms with Crippen molar-refractivity contribution in [1.82, 2.24) is 15.1 Å². The zero-order chi connectivity index (χ0) is 27.2. The number of rotatable bonds is 6. The van der Waals surface area contributed by atoms with Crippen molar-refractivity contribution >= 4 is 40.8 Å². The molecule has 0 aromatic heterocycles. The number of hydrogen-bond donors (Lipinski definition) is 2. The third kappa shape index (κ3) is 7.61. The molecule has 2 aromatic rings. The van der Waals surface area contributed by atoms with Crippen LogP contribution in [0.4, 0.5) is 16.2 Å². The first-order valence-electron chi connectivity index (χ1n) is 12.8. The Balaban J connectivity index is 1.86. The molecular weight excluding hydrogens is 490 g/mol. The molecule has 2 N–H and O–H groups in total. The van der Waals surface area contributed by atoms with Gasteiger partial charge in [0.25, 0.3) is 11.8 Å². The molecule has 37 heavy (non-hydrogen) atoms. The molecule has 0 aliphatic carbocycles. The van der Waals surface area contributed by atoms with Gasteiger partial charge in [-0.3, -0.25) is 9.59 Å². The first-order chi connectivity index (χ1) is 17.5. The lowest BCUT2D eigenvalue weighted by Gasteiger charge is -2.29. The Morgan fingerprint density at radius 1 is 0.946 bits per heavy atom. The van der Waals surface area contributed by atoms with Gasteiger partial charge in [0.1, 0.15) is 0 Å². The third-order valence-corrected chi connectivity index (χ3v) is 6.50. The van der Waals surface area contributed by atoms with Gasteiger partial charge in [0, 0.05) is 66.8 Å². The summed E-state index contributed by atoms with van der Waals surface area (Å²) in [4.78, 5) is 44.8. The second-order valence-electron chi connectivity index (χ2n) is 10.2. The number of halogens is 1. The molecule has 1 aliphatic heterocycles. The van der Waals surface area contributed by atoms with E-state index >= 15 is 0 Å². The fraction of sp³-hybridized carbons (Fsp3) is 0.464. The van der Waals surface area contributed by atoms with Crippen LogP contribution < -0.4 is 15.5 Å². The van der Waals surface area contributed by atoms with E-state index in [-0.39, 0.29) is 23.4 Å². The molecule has 1 saturated heterocycles. The van der Waals surface area contributed by atoms with Crippen molar-refractivity contribution < 1.29 is 14.4 Å². The number of carbonyl (C=O) groups is 3. The van der Waals surface area contributed by atoms with Crippen molar-refractivity contribution in [3.8, 4) is 0 Å². The van der Waals surface area contributed by atoms with E-state index in [4.69, 9.17) is 11.6 Å². The van der Waals surface area contributed by atoms with Gasteiger partial charge >= 0.3 is 6.03 Å². The SMILES string of the molecule is CCN(CC)C(=O)c1cc(NC(=O)c2ccc(Cl)cc2)ccc1N1CCCN(C(=O)NC(C)(C)C)CC1. The van der Waals surface area contributed by atoms with Gasteiger partial charge in [0.05, 0.1) is 5.56 Å². The van der Waals surface area contributed by atoms with E-state index in [2.05, 4.69) is 15.5 Å². The van der Waals surface area contributed by atoms with E-state index in [1.165, 1.54) is 0 Å². The van der Waals surface area contributed by atoms with Gasteiger partial charge in [-0.1, -0.05) is 11.6 Å². The molecule has 4 amide bonds. The molecule has 1 heterocycles. The molecule has 2 aromatic carbocycles. The predicted molar refractivity (Wildman–Crippen MR) is 150 cm³/mol. The van der Waals surface area contributed by atoms with Crippen LogP contribution in [0.2, 0.25) is 5.02 Å². The maximum Gasteiger partial charge on any atom is 0.317 e. The molecule has 0 radical (unpaired) electrons. The molecule has 0 atom stereocenters. The Labute approximate surface area is 224 Å². The zero-order valence-corrected chi connectivity index (χ0v) is 23.2. The summed E-state index contributed by atoms with van der Waals surface area (Å²) < 4.78 is 0. The van der Waals surface area contributed by atoms with Crippen molar-refractivity contribution in [3.63, 3.8) is 0 Å². The average Bonchev–Trinajstić information content (AvgIpc) is 3.10. The Kier molecular flexibility index (Phi) is 9.43. The van der Waals surface area contributed by atoms with Gasteiger partial charge in [0.2, 0.25) is 0 Å². The van der Waals surface area contributed by atoms with E-state index in [0.29, 0.717) is 61.1 Å². The minimum atomic E-state index is -0.307. The highest BCUT2D eigenvalue weighted by Crippen LogP contribution is 2.28. The Bertz CT molecular complexity index is 1110. The molecular formula is C28H38ClN5O3. The Morgan fingerprint density at radius 3 is 2.24 bits per heavy atom. The van der Waals surface area contributed by atoms with Crippen molar-refractivity contribution in [1.29, 1.82) is 0 Å². The van der Waals surface area contributed by atoms with Gasteiger partial charge < -0.3 is 25.3 Å². The lowest BCUT2D eigenvalue weighted by Crippen LogP contribution is -2.49. The van der Waals surface area contributed by atoms with E-state index < -0.39 is 0 Å². The van der Waals surface area contributed by atoms with Gasteiger partial charge in [-0.25, -0.2) is 4.79 Å². The monoisotopic (exact) mass is 527 g/mol. The van der Waals surface area contributed by atoms with Crippen LogP contribution in [0, 0.1) is 0 Å². The summed E-state index contributed by atoms with van der Waals surface area (Å²) in [5.74, 6) is -0.366. The van der Waals surface area contributed by atoms with Crippen LogP contribution in [-0.2, 0) is 0 Å². The Hall–Kier alpha value is -3.26. The number of nitrogens with zero attached hydrogens (tertiary/aromatic N) is 3. The third-order valence-electron chi connectivity index (χ3n) is 6.25. The summed E-state index contributed by atoms with van der Waals surface area (Å²) in [7, 11) is 0. The van der Waals surface area contributed by atoms with Crippen LogP contribution in [0.15, 0.2) is 42.5 Å². The first-order valence-corrected chi connectivity index (χ1v) is 13.2. The molecule has 3 rings (SSSR count). The van der Waals surface area contributed by atoms with Crippen molar-refractivity contribution in [2.75, 3.05) is 49.5 Å². The topological polar surface area (TPSA) is 85.0 Å². The van der Waals surface area contributed by atoms with Crippen molar-refractivity contribution in [2.45, 2.75) is 46.6 Å². The zero-order valence-electron chi connectivity index (χ0n) is 22.4. The first kappa shape index (κ1) is 28.3. The lowest BCUT2D eigenvalue weighted by atomic mass is 10.1. The van der Waals surface area contributed by atoms with E-state index in [1.54, 1.807) is 35.2 Å². The summed E-state index contributed by atoms with van der Waals surface area (Å²) in [6, 6.07) is 12.0. The quantitative estimate of drug-likeness (QED) is 0.547. The molecule has 0 unspecified atom stereocenters. The number of benzene rings is 2. The van der Waals surface area contributed by atoms with Crippen LogP contribution >= 0.6 is 11.6 Å². The number of urea groups is 1. The van der Waals surface area contributed by atoms with Gasteiger partial charge in [0.15, 0.2) is 0 Å². The molecule has 0 bridgehead atoms. The molecule has 9 heteroatoms. The van der Waals surface area contributed by atoms with E-state index in [0.717, 1.165) is 12.1 Å². The highest BCUT2D eigenvalue weighted by atomic mass is 35.5. The highest BCUT2D eigenvalue weighted by Gasteiger charge is 2.26. The Morgan fingerprint density at radius 2 is 1.62 bits per heavy atom. The van der Waals surface area contributed by atoms with Crippen LogP contribution in [0.25, 0.3) is 0 Å². The summed E-state index contributed by atoms with van der Waals surface area (Å²) in [5, 5.41) is 6.49. The van der Waals surface area contributed by atoms with E-state index in [9.17, 15) is 14.4 Å². The maximum absolute atomic E-state index is 13.5. The minimum Gasteiger partial charge on any atom is -0.369 e. The van der Waals surface area contributed by atoms with Crippen LogP contribution in [0.3, 0.4) is 0 Å². The normalized spacial score (nSPS) is 14.1. The highest BCUT2D eigenvalue weighted by molar-refractivity contribution is 6.30. The summed E-state index contributed by atoms with van der Waals surface area (Å²) in [5.41, 5.74) is 2.05. The van der Waals surface area contributed by atoms with Gasteiger partial charge in [-0.05, 0) is 83.5 Å². The second-order valence-corrected chi connectivity index (χ2v) is 10.6. The van der Waals surface area contributed by atoms with Crippen LogP contribution in [0.5, 0.6) is 0 Å². The summed E-state index contributed by atoms with van der Waals surface area (Å²) in [6.45, 7) is 13.5. The fourth-order valence-corrected chi connectivity index (χ4v) is 4.43. The average molecular weight is 528 g/mol. The number of nitrogens with one attached hydrogen (secondary N) is 2. The van der Waals surface area contributed by atoms with Crippen molar-refractivity contribution in [3.05, 3.63) is 58.6 Å². The van der Waals surface area contributed by atoms with Gasteiger partial charge in [-0.15, -0.1) is 0 Å². The molecule has 0 spiro atoms. The molecule has 1 fully saturated rings. The number of hydrogen-bond acceptors (Lipinski definition) is 4. The smallest absolute Gasteiger partial charge is 0.317 e. The fourth-order valence-electron chi connectivity index (χ4n) is 4.31.